The highest BCUT2D eigenvalue weighted by atomic mass is 16.4. The van der Waals surface area contributed by atoms with Gasteiger partial charge in [-0.05, 0) is 32.9 Å². The number of carbonyl (C=O) groups is 1. The number of carboxylic acids is 1. The quantitative estimate of drug-likeness (QED) is 0.736. The number of carboxylic acid groups (broad SMARTS) is 1. The molecule has 14 heavy (non-hydrogen) atoms. The van der Waals surface area contributed by atoms with E-state index >= 15 is 0 Å². The van der Waals surface area contributed by atoms with Crippen molar-refractivity contribution in [1.82, 2.24) is 4.90 Å². The molecule has 1 fully saturated rings. The van der Waals surface area contributed by atoms with E-state index < -0.39 is 5.97 Å². The van der Waals surface area contributed by atoms with Crippen LogP contribution in [0.25, 0.3) is 0 Å². The molecule has 0 heterocycles. The summed E-state index contributed by atoms with van der Waals surface area (Å²) in [4.78, 5) is 12.7. The Morgan fingerprint density at radius 3 is 2.43 bits per heavy atom. The first kappa shape index (κ1) is 11.5. The highest BCUT2D eigenvalue weighted by molar-refractivity contribution is 5.73. The third kappa shape index (κ3) is 3.29. The smallest absolute Gasteiger partial charge is 0.320 e. The second-order valence-electron chi connectivity index (χ2n) is 4.55. The van der Waals surface area contributed by atoms with Crippen LogP contribution >= 0.6 is 0 Å². The number of rotatable bonds is 5. The predicted molar refractivity (Wildman–Crippen MR) is 56.3 cm³/mol. The van der Waals surface area contributed by atoms with Crippen LogP contribution in [-0.2, 0) is 4.79 Å². The average molecular weight is 199 g/mol. The fourth-order valence-electron chi connectivity index (χ4n) is 2.30. The molecule has 0 aromatic carbocycles. The molecule has 0 saturated heterocycles. The summed E-state index contributed by atoms with van der Waals surface area (Å²) in [5.41, 5.74) is 0. The van der Waals surface area contributed by atoms with Gasteiger partial charge in [-0.3, -0.25) is 9.69 Å². The van der Waals surface area contributed by atoms with Crippen LogP contribution < -0.4 is 0 Å². The van der Waals surface area contributed by atoms with Gasteiger partial charge in [0, 0.05) is 0 Å². The summed E-state index contributed by atoms with van der Waals surface area (Å²) in [5.74, 6) is 0.102. The lowest BCUT2D eigenvalue weighted by atomic mass is 9.98. The fraction of sp³-hybridized carbons (Fsp3) is 0.909. The van der Waals surface area contributed by atoms with Crippen molar-refractivity contribution in [3.63, 3.8) is 0 Å². The molecule has 1 saturated carbocycles. The van der Waals surface area contributed by atoms with Gasteiger partial charge >= 0.3 is 5.97 Å². The number of aliphatic carboxylic acids is 1. The zero-order chi connectivity index (χ0) is 10.6. The molecule has 1 N–H and O–H groups in total. The van der Waals surface area contributed by atoms with Crippen LogP contribution in [0, 0.1) is 5.92 Å². The Hall–Kier alpha value is -0.570. The lowest BCUT2D eigenvalue weighted by Crippen LogP contribution is -2.35. The van der Waals surface area contributed by atoms with Crippen LogP contribution in [0.3, 0.4) is 0 Å². The van der Waals surface area contributed by atoms with Crippen LogP contribution in [0.2, 0.25) is 0 Å². The van der Waals surface area contributed by atoms with Crippen molar-refractivity contribution in [2.75, 3.05) is 14.1 Å². The second kappa shape index (κ2) is 5.35. The van der Waals surface area contributed by atoms with Gasteiger partial charge in [0.25, 0.3) is 0 Å². The minimum Gasteiger partial charge on any atom is -0.480 e. The zero-order valence-electron chi connectivity index (χ0n) is 9.20. The monoisotopic (exact) mass is 199 g/mol. The molecule has 1 unspecified atom stereocenters. The molecule has 0 aromatic heterocycles. The maximum absolute atomic E-state index is 10.9. The standard InChI is InChI=1S/C11H21NO2/c1-12(2)10(11(13)14)8-7-9-5-3-4-6-9/h9-10H,3-8H2,1-2H3,(H,13,14). The zero-order valence-corrected chi connectivity index (χ0v) is 9.20. The number of hydrogen-bond acceptors (Lipinski definition) is 2. The summed E-state index contributed by atoms with van der Waals surface area (Å²) >= 11 is 0. The molecule has 0 spiro atoms. The summed E-state index contributed by atoms with van der Waals surface area (Å²) in [7, 11) is 3.68. The molecule has 3 nitrogen and oxygen atoms in total. The molecule has 0 aliphatic heterocycles. The SMILES string of the molecule is CN(C)C(CCC1CCCC1)C(=O)O. The van der Waals surface area contributed by atoms with E-state index in [1.807, 2.05) is 14.1 Å². The summed E-state index contributed by atoms with van der Waals surface area (Å²) in [5, 5.41) is 8.98. The van der Waals surface area contributed by atoms with Crippen molar-refractivity contribution < 1.29 is 9.90 Å². The summed E-state index contributed by atoms with van der Waals surface area (Å²) < 4.78 is 0. The van der Waals surface area contributed by atoms with Crippen molar-refractivity contribution >= 4 is 5.97 Å². The van der Waals surface area contributed by atoms with E-state index in [-0.39, 0.29) is 6.04 Å². The molecule has 0 amide bonds. The first-order valence-electron chi connectivity index (χ1n) is 5.50. The van der Waals surface area contributed by atoms with Gasteiger partial charge in [-0.25, -0.2) is 0 Å². The molecule has 82 valence electrons. The van der Waals surface area contributed by atoms with Gasteiger partial charge in [0.2, 0.25) is 0 Å². The molecule has 0 bridgehead atoms. The summed E-state index contributed by atoms with van der Waals surface area (Å²) in [6, 6.07) is -0.296. The minimum atomic E-state index is -0.687. The minimum absolute atomic E-state index is 0.296. The molecule has 0 aromatic rings. The van der Waals surface area contributed by atoms with Crippen molar-refractivity contribution in [1.29, 1.82) is 0 Å². The van der Waals surface area contributed by atoms with Crippen LogP contribution in [-0.4, -0.2) is 36.1 Å². The lowest BCUT2D eigenvalue weighted by molar-refractivity contribution is -0.142. The molecule has 0 radical (unpaired) electrons. The van der Waals surface area contributed by atoms with Gasteiger partial charge in [-0.15, -0.1) is 0 Å². The molecular formula is C11H21NO2. The van der Waals surface area contributed by atoms with E-state index in [1.165, 1.54) is 25.7 Å². The molecule has 1 aliphatic carbocycles. The topological polar surface area (TPSA) is 40.5 Å². The van der Waals surface area contributed by atoms with E-state index in [1.54, 1.807) is 4.90 Å². The third-order valence-electron chi connectivity index (χ3n) is 3.23. The van der Waals surface area contributed by atoms with Crippen LogP contribution in [0.5, 0.6) is 0 Å². The molecule has 1 atom stereocenters. The number of likely N-dealkylation sites (N-methyl/N-ethyl adjacent to an activating group) is 1. The predicted octanol–water partition coefficient (Wildman–Crippen LogP) is 1.97. The second-order valence-corrected chi connectivity index (χ2v) is 4.55. The Morgan fingerprint density at radius 2 is 2.00 bits per heavy atom. The molecule has 1 aliphatic rings. The maximum atomic E-state index is 10.9. The van der Waals surface area contributed by atoms with E-state index in [0.717, 1.165) is 18.8 Å². The Bertz CT molecular complexity index is 186. The maximum Gasteiger partial charge on any atom is 0.320 e. The van der Waals surface area contributed by atoms with Gasteiger partial charge in [0.1, 0.15) is 6.04 Å². The molecule has 3 heteroatoms. The van der Waals surface area contributed by atoms with Crippen LogP contribution in [0.1, 0.15) is 38.5 Å². The first-order chi connectivity index (χ1) is 6.61. The van der Waals surface area contributed by atoms with Crippen LogP contribution in [0.15, 0.2) is 0 Å². The first-order valence-corrected chi connectivity index (χ1v) is 5.50. The van der Waals surface area contributed by atoms with Crippen molar-refractivity contribution in [2.45, 2.75) is 44.6 Å². The van der Waals surface area contributed by atoms with E-state index in [9.17, 15) is 4.79 Å². The third-order valence-corrected chi connectivity index (χ3v) is 3.23. The van der Waals surface area contributed by atoms with Crippen LogP contribution in [0.4, 0.5) is 0 Å². The normalized spacial score (nSPS) is 20.2. The van der Waals surface area contributed by atoms with Crippen molar-refractivity contribution in [3.05, 3.63) is 0 Å². The van der Waals surface area contributed by atoms with Gasteiger partial charge in [-0.2, -0.15) is 0 Å². The van der Waals surface area contributed by atoms with Crippen molar-refractivity contribution in [2.24, 2.45) is 5.92 Å². The summed E-state index contributed by atoms with van der Waals surface area (Å²) in [6.07, 6.45) is 7.16. The van der Waals surface area contributed by atoms with Gasteiger partial charge in [-0.1, -0.05) is 25.7 Å². The highest BCUT2D eigenvalue weighted by Gasteiger charge is 2.22. The highest BCUT2D eigenvalue weighted by Crippen LogP contribution is 2.29. The average Bonchev–Trinajstić information content (AvgIpc) is 2.55. The van der Waals surface area contributed by atoms with Gasteiger partial charge < -0.3 is 5.11 Å². The molecular weight excluding hydrogens is 178 g/mol. The van der Waals surface area contributed by atoms with Gasteiger partial charge in [0.15, 0.2) is 0 Å². The van der Waals surface area contributed by atoms with Gasteiger partial charge in [0.05, 0.1) is 0 Å². The van der Waals surface area contributed by atoms with E-state index in [4.69, 9.17) is 5.11 Å². The Labute approximate surface area is 86.1 Å². The Morgan fingerprint density at radius 1 is 1.43 bits per heavy atom. The fourth-order valence-corrected chi connectivity index (χ4v) is 2.30. The Balaban J connectivity index is 2.28. The van der Waals surface area contributed by atoms with Crippen molar-refractivity contribution in [3.8, 4) is 0 Å². The number of nitrogens with zero attached hydrogens (tertiary/aromatic N) is 1. The van der Waals surface area contributed by atoms with E-state index in [0.29, 0.717) is 0 Å². The van der Waals surface area contributed by atoms with E-state index in [2.05, 4.69) is 0 Å². The summed E-state index contributed by atoms with van der Waals surface area (Å²) in [6.45, 7) is 0. The Kier molecular flexibility index (Phi) is 4.39. The lowest BCUT2D eigenvalue weighted by Gasteiger charge is -2.21. The largest absolute Gasteiger partial charge is 0.480 e. The molecule has 1 rings (SSSR count). The number of hydrogen-bond donors (Lipinski definition) is 1.